The Kier molecular flexibility index (Phi) is 6.98. The van der Waals surface area contributed by atoms with Crippen molar-refractivity contribution in [2.75, 3.05) is 22.5 Å². The first kappa shape index (κ1) is 23.3. The summed E-state index contributed by atoms with van der Waals surface area (Å²) in [5.41, 5.74) is 13.1. The van der Waals surface area contributed by atoms with Crippen LogP contribution in [0.15, 0.2) is 36.8 Å². The number of nitrogens with zero attached hydrogens (tertiary/aromatic N) is 3. The molecule has 4 amide bonds. The highest BCUT2D eigenvalue weighted by molar-refractivity contribution is 6.07. The number of nitrogens with one attached hydrogen (secondary N) is 3. The molecule has 3 heterocycles. The van der Waals surface area contributed by atoms with Crippen LogP contribution in [0, 0.1) is 0 Å². The number of anilines is 3. The van der Waals surface area contributed by atoms with Gasteiger partial charge in [-0.25, -0.2) is 0 Å². The van der Waals surface area contributed by atoms with Crippen molar-refractivity contribution in [1.29, 1.82) is 0 Å². The minimum absolute atomic E-state index is 0.268. The van der Waals surface area contributed by atoms with Crippen LogP contribution in [0.2, 0.25) is 0 Å². The first-order chi connectivity index (χ1) is 15.7. The number of carbonyl (C=O) groups is 4. The Balaban J connectivity index is 1.73. The van der Waals surface area contributed by atoms with E-state index in [0.29, 0.717) is 48.7 Å². The molecule has 0 saturated heterocycles. The molecular formula is C21H26N8O4. The van der Waals surface area contributed by atoms with E-state index in [9.17, 15) is 19.2 Å². The minimum Gasteiger partial charge on any atom is -0.364 e. The molecule has 33 heavy (non-hydrogen) atoms. The first-order valence-corrected chi connectivity index (χ1v) is 10.1. The lowest BCUT2D eigenvalue weighted by molar-refractivity contribution is -0.105. The van der Waals surface area contributed by atoms with Gasteiger partial charge in [0.15, 0.2) is 0 Å². The maximum Gasteiger partial charge on any atom is 0.272 e. The van der Waals surface area contributed by atoms with Crippen LogP contribution >= 0.6 is 0 Å². The minimum atomic E-state index is -0.608. The van der Waals surface area contributed by atoms with Crippen molar-refractivity contribution in [2.24, 2.45) is 25.6 Å². The fourth-order valence-corrected chi connectivity index (χ4v) is 3.42. The molecule has 0 aliphatic rings. The van der Waals surface area contributed by atoms with Gasteiger partial charge in [-0.3, -0.25) is 19.2 Å². The van der Waals surface area contributed by atoms with E-state index >= 15 is 0 Å². The van der Waals surface area contributed by atoms with Crippen LogP contribution in [0.5, 0.6) is 0 Å². The molecule has 0 fully saturated rings. The summed E-state index contributed by atoms with van der Waals surface area (Å²) in [6.45, 7) is 0.946. The number of amides is 4. The van der Waals surface area contributed by atoms with Gasteiger partial charge in [0.25, 0.3) is 17.7 Å². The molecule has 7 N–H and O–H groups in total. The molecule has 0 aliphatic heterocycles. The molecule has 0 radical (unpaired) electrons. The van der Waals surface area contributed by atoms with E-state index in [1.165, 1.54) is 18.2 Å². The lowest BCUT2D eigenvalue weighted by Crippen LogP contribution is -2.17. The number of aryl methyl sites for hydroxylation is 3. The molecule has 12 nitrogen and oxygen atoms in total. The molecule has 3 rings (SSSR count). The maximum atomic E-state index is 12.8. The van der Waals surface area contributed by atoms with Crippen molar-refractivity contribution in [1.82, 2.24) is 13.7 Å². The molecule has 0 aliphatic carbocycles. The van der Waals surface area contributed by atoms with E-state index in [1.54, 1.807) is 46.4 Å². The zero-order chi connectivity index (χ0) is 24.1. The lowest BCUT2D eigenvalue weighted by atomic mass is 10.3. The third kappa shape index (κ3) is 5.30. The number of nitrogens with two attached hydrogens (primary N) is 2. The number of aromatic nitrogens is 3. The molecule has 3 aromatic rings. The Morgan fingerprint density at radius 2 is 1.39 bits per heavy atom. The molecule has 0 bridgehead atoms. The molecule has 0 spiro atoms. The Labute approximate surface area is 189 Å². The highest BCUT2D eigenvalue weighted by Crippen LogP contribution is 2.19. The molecule has 0 unspecified atom stereocenters. The van der Waals surface area contributed by atoms with Gasteiger partial charge >= 0.3 is 0 Å². The maximum absolute atomic E-state index is 12.8. The third-order valence-electron chi connectivity index (χ3n) is 4.97. The lowest BCUT2D eigenvalue weighted by Gasteiger charge is -2.05. The van der Waals surface area contributed by atoms with Crippen molar-refractivity contribution < 1.29 is 19.2 Å². The largest absolute Gasteiger partial charge is 0.364 e. The normalized spacial score (nSPS) is 10.6. The summed E-state index contributed by atoms with van der Waals surface area (Å²) in [5, 5.41) is 7.96. The van der Waals surface area contributed by atoms with E-state index in [1.807, 2.05) is 0 Å². The van der Waals surface area contributed by atoms with Gasteiger partial charge in [0.05, 0.1) is 17.1 Å². The topological polar surface area (TPSA) is 171 Å². The van der Waals surface area contributed by atoms with Gasteiger partial charge in [-0.05, 0) is 31.2 Å². The second-order valence-electron chi connectivity index (χ2n) is 7.43. The molecule has 174 valence electrons. The first-order valence-electron chi connectivity index (χ1n) is 10.1. The number of hydrogen-bond donors (Lipinski definition) is 5. The third-order valence-corrected chi connectivity index (χ3v) is 4.97. The molecule has 0 atom stereocenters. The number of primary amides is 1. The van der Waals surface area contributed by atoms with E-state index in [-0.39, 0.29) is 11.4 Å². The van der Waals surface area contributed by atoms with E-state index in [4.69, 9.17) is 11.5 Å². The summed E-state index contributed by atoms with van der Waals surface area (Å²) in [4.78, 5) is 47.7. The van der Waals surface area contributed by atoms with Gasteiger partial charge in [-0.1, -0.05) is 0 Å². The average molecular weight is 454 g/mol. The standard InChI is InChI=1S/C21H26N8O4/c1-27-9-13(24-12-30)6-17(27)20(32)25-14-8-18(28(2)10-14)21(33)26-15-7-16(19(23)31)29(11-15)5-3-4-22/h6-12H,3-5,22H2,1-2H3,(H2,23,31)(H,24,30)(H,25,32)(H,26,33). The van der Waals surface area contributed by atoms with Crippen LogP contribution in [-0.2, 0) is 25.4 Å². The zero-order valence-electron chi connectivity index (χ0n) is 18.3. The molecule has 3 aromatic heterocycles. The fourth-order valence-electron chi connectivity index (χ4n) is 3.42. The number of hydrogen-bond acceptors (Lipinski definition) is 5. The predicted molar refractivity (Wildman–Crippen MR) is 123 cm³/mol. The summed E-state index contributed by atoms with van der Waals surface area (Å²) >= 11 is 0. The van der Waals surface area contributed by atoms with E-state index < -0.39 is 17.7 Å². The zero-order valence-corrected chi connectivity index (χ0v) is 18.3. The Bertz CT molecular complexity index is 1200. The predicted octanol–water partition coefficient (Wildman–Crippen LogP) is 0.686. The smallest absolute Gasteiger partial charge is 0.272 e. The van der Waals surface area contributed by atoms with Crippen LogP contribution in [0.1, 0.15) is 37.9 Å². The molecule has 12 heteroatoms. The van der Waals surface area contributed by atoms with E-state index in [2.05, 4.69) is 16.0 Å². The molecule has 0 saturated carbocycles. The van der Waals surface area contributed by atoms with Crippen molar-refractivity contribution >= 4 is 41.2 Å². The molecule has 0 aromatic carbocycles. The summed E-state index contributed by atoms with van der Waals surface area (Å²) in [6.07, 6.45) is 6.00. The van der Waals surface area contributed by atoms with Crippen molar-refractivity contribution in [3.8, 4) is 0 Å². The highest BCUT2D eigenvalue weighted by atomic mass is 16.2. The van der Waals surface area contributed by atoms with Gasteiger partial charge in [-0.15, -0.1) is 0 Å². The van der Waals surface area contributed by atoms with Gasteiger partial charge in [0, 0.05) is 39.2 Å². The second-order valence-corrected chi connectivity index (χ2v) is 7.43. The monoisotopic (exact) mass is 454 g/mol. The number of rotatable bonds is 10. The van der Waals surface area contributed by atoms with Gasteiger partial charge < -0.3 is 41.1 Å². The van der Waals surface area contributed by atoms with Crippen LogP contribution < -0.4 is 27.4 Å². The van der Waals surface area contributed by atoms with Gasteiger partial charge in [-0.2, -0.15) is 0 Å². The van der Waals surface area contributed by atoms with Crippen molar-refractivity contribution in [3.05, 3.63) is 53.9 Å². The van der Waals surface area contributed by atoms with Crippen LogP contribution in [0.25, 0.3) is 0 Å². The van der Waals surface area contributed by atoms with Gasteiger partial charge in [0.2, 0.25) is 6.41 Å². The average Bonchev–Trinajstić information content (AvgIpc) is 3.43. The summed E-state index contributed by atoms with van der Waals surface area (Å²) in [7, 11) is 3.34. The van der Waals surface area contributed by atoms with E-state index in [0.717, 1.165) is 0 Å². The summed E-state index contributed by atoms with van der Waals surface area (Å²) < 4.78 is 4.79. The fraction of sp³-hybridized carbons (Fsp3) is 0.238. The number of carbonyl (C=O) groups excluding carboxylic acids is 4. The summed E-state index contributed by atoms with van der Waals surface area (Å²) in [6, 6.07) is 4.57. The highest BCUT2D eigenvalue weighted by Gasteiger charge is 2.18. The second kappa shape index (κ2) is 9.87. The van der Waals surface area contributed by atoms with Crippen LogP contribution in [-0.4, -0.2) is 44.4 Å². The molecular weight excluding hydrogens is 428 g/mol. The Morgan fingerprint density at radius 1 is 0.879 bits per heavy atom. The van der Waals surface area contributed by atoms with Gasteiger partial charge in [0.1, 0.15) is 17.1 Å². The van der Waals surface area contributed by atoms with Crippen LogP contribution in [0.4, 0.5) is 17.1 Å². The Hall–Kier alpha value is -4.32. The van der Waals surface area contributed by atoms with Crippen LogP contribution in [0.3, 0.4) is 0 Å². The van der Waals surface area contributed by atoms with Crippen molar-refractivity contribution in [2.45, 2.75) is 13.0 Å². The van der Waals surface area contributed by atoms with Crippen molar-refractivity contribution in [3.63, 3.8) is 0 Å². The quantitative estimate of drug-likeness (QED) is 0.283. The SMILES string of the molecule is Cn1cc(NC=O)cc1C(=O)Nc1cc(C(=O)Nc2cc(C(N)=O)n(CCCN)c2)n(C)c1. The summed E-state index contributed by atoms with van der Waals surface area (Å²) in [5.74, 6) is -1.44. The Morgan fingerprint density at radius 3 is 1.94 bits per heavy atom.